The first-order valence-electron chi connectivity index (χ1n) is 11.9. The van der Waals surface area contributed by atoms with Gasteiger partial charge in [0.25, 0.3) is 0 Å². The lowest BCUT2D eigenvalue weighted by Gasteiger charge is -2.35. The van der Waals surface area contributed by atoms with Crippen molar-refractivity contribution >= 4 is 17.6 Å². The van der Waals surface area contributed by atoms with Gasteiger partial charge in [-0.05, 0) is 17.7 Å². The number of benzene rings is 3. The average molecular weight is 591 g/mol. The molecule has 41 heavy (non-hydrogen) atoms. The molecular weight excluding hydrogens is 569 g/mol. The van der Waals surface area contributed by atoms with Crippen LogP contribution in [0.15, 0.2) is 91.0 Å². The molecule has 1 atom stereocenters. The maximum atomic E-state index is 14.6. The van der Waals surface area contributed by atoms with Crippen LogP contribution in [0.1, 0.15) is 22.3 Å². The lowest BCUT2D eigenvalue weighted by molar-refractivity contribution is -0.397. The molecule has 0 aliphatic rings. The Morgan fingerprint density at radius 3 is 1.68 bits per heavy atom. The van der Waals surface area contributed by atoms with Gasteiger partial charge >= 0.3 is 30.0 Å². The van der Waals surface area contributed by atoms with Gasteiger partial charge in [-0.1, -0.05) is 78.9 Å². The Labute approximate surface area is 228 Å². The van der Waals surface area contributed by atoms with Gasteiger partial charge in [0.15, 0.2) is 5.78 Å². The Hall–Kier alpha value is -4.03. The van der Waals surface area contributed by atoms with E-state index >= 15 is 0 Å². The summed E-state index contributed by atoms with van der Waals surface area (Å²) in [6.07, 6.45) is -10.7. The fourth-order valence-corrected chi connectivity index (χ4v) is 3.80. The van der Waals surface area contributed by atoms with E-state index in [1.54, 1.807) is 48.5 Å². The maximum Gasteiger partial charge on any atom is 0.460 e. The van der Waals surface area contributed by atoms with Crippen molar-refractivity contribution in [3.8, 4) is 0 Å². The number of ether oxygens (including phenoxy) is 1. The van der Waals surface area contributed by atoms with Gasteiger partial charge in [0, 0.05) is 17.7 Å². The summed E-state index contributed by atoms with van der Waals surface area (Å²) < 4.78 is 127. The van der Waals surface area contributed by atoms with Crippen molar-refractivity contribution in [3.05, 3.63) is 102 Å². The Morgan fingerprint density at radius 1 is 0.683 bits per heavy atom. The molecule has 0 aliphatic heterocycles. The molecule has 3 rings (SSSR count). The molecule has 4 nitrogen and oxygen atoms in total. The zero-order valence-electron chi connectivity index (χ0n) is 20.9. The highest BCUT2D eigenvalue weighted by molar-refractivity contribution is 5.98. The summed E-state index contributed by atoms with van der Waals surface area (Å²) >= 11 is 0. The third-order valence-corrected chi connectivity index (χ3v) is 6.02. The van der Waals surface area contributed by atoms with Crippen molar-refractivity contribution in [2.75, 3.05) is 11.5 Å². The number of Topliss-reactive ketones (excluding diaryl/α,β-unsaturated/α-hetero) is 1. The molecule has 0 saturated heterocycles. The molecular formula is C28H22F9NO3. The number of carbonyl (C=O) groups excluding carboxylic acids is 2. The van der Waals surface area contributed by atoms with Crippen molar-refractivity contribution in [2.24, 2.45) is 5.92 Å². The predicted molar refractivity (Wildman–Crippen MR) is 130 cm³/mol. The predicted octanol–water partition coefficient (Wildman–Crippen LogP) is 8.19. The second-order valence-electron chi connectivity index (χ2n) is 8.97. The van der Waals surface area contributed by atoms with Crippen LogP contribution >= 0.6 is 0 Å². The van der Waals surface area contributed by atoms with E-state index in [2.05, 4.69) is 0 Å². The van der Waals surface area contributed by atoms with Crippen LogP contribution < -0.4 is 4.90 Å². The zero-order chi connectivity index (χ0) is 30.5. The van der Waals surface area contributed by atoms with Crippen LogP contribution in [-0.4, -0.2) is 42.4 Å². The van der Waals surface area contributed by atoms with E-state index in [4.69, 9.17) is 4.74 Å². The van der Waals surface area contributed by atoms with Gasteiger partial charge in [-0.2, -0.15) is 39.5 Å². The Bertz CT molecular complexity index is 1300. The quantitative estimate of drug-likeness (QED) is 0.167. The van der Waals surface area contributed by atoms with Crippen LogP contribution in [0, 0.1) is 5.92 Å². The van der Waals surface area contributed by atoms with E-state index in [1.165, 1.54) is 30.3 Å². The molecule has 0 heterocycles. The van der Waals surface area contributed by atoms with Crippen molar-refractivity contribution in [2.45, 2.75) is 36.9 Å². The van der Waals surface area contributed by atoms with E-state index in [9.17, 15) is 49.1 Å². The van der Waals surface area contributed by atoms with Gasteiger partial charge in [0.05, 0.1) is 12.5 Å². The molecule has 0 spiro atoms. The highest BCUT2D eigenvalue weighted by Gasteiger charge is 2.81. The minimum Gasteiger partial charge on any atom is -0.448 e. The minimum atomic E-state index is -7.12. The molecule has 220 valence electrons. The first-order valence-corrected chi connectivity index (χ1v) is 11.9. The molecule has 0 saturated carbocycles. The summed E-state index contributed by atoms with van der Waals surface area (Å²) in [5, 5.41) is 0. The molecule has 1 unspecified atom stereocenters. The summed E-state index contributed by atoms with van der Waals surface area (Å²) in [5.41, 5.74) is 0.499. The molecule has 3 aromatic rings. The molecule has 3 aromatic carbocycles. The molecule has 0 aromatic heterocycles. The smallest absolute Gasteiger partial charge is 0.448 e. The van der Waals surface area contributed by atoms with Crippen molar-refractivity contribution in [1.82, 2.24) is 0 Å². The number of rotatable bonds is 11. The first-order chi connectivity index (χ1) is 19.1. The summed E-state index contributed by atoms with van der Waals surface area (Å²) in [7, 11) is 0. The fraction of sp³-hybridized carbons (Fsp3) is 0.286. The highest BCUT2D eigenvalue weighted by Crippen LogP contribution is 2.54. The monoisotopic (exact) mass is 591 g/mol. The number of halogens is 9. The largest absolute Gasteiger partial charge is 0.460 e. The molecule has 0 bridgehead atoms. The standard InChI is InChI=1S/C28H22F9NO3/c29-25(30,26(31,32)27(33,34)28(35,36)37)16-21(23(39)20-12-6-2-7-13-20)18-41-24(40)38(22-14-8-3-9-15-22)17-19-10-4-1-5-11-19/h1-15,21H,16-18H2. The van der Waals surface area contributed by atoms with E-state index in [0.717, 1.165) is 17.0 Å². The lowest BCUT2D eigenvalue weighted by atomic mass is 9.88. The summed E-state index contributed by atoms with van der Waals surface area (Å²) in [4.78, 5) is 27.0. The Morgan fingerprint density at radius 2 is 1.17 bits per heavy atom. The number of nitrogens with zero attached hydrogens (tertiary/aromatic N) is 1. The third kappa shape index (κ3) is 7.01. The SMILES string of the molecule is O=C(c1ccccc1)C(COC(=O)N(Cc1ccccc1)c1ccccc1)CC(F)(F)C(F)(F)C(F)(F)C(F)(F)F. The normalized spacial score (nSPS) is 13.4. The Kier molecular flexibility index (Phi) is 9.40. The Balaban J connectivity index is 1.91. The van der Waals surface area contributed by atoms with Crippen LogP contribution in [0.3, 0.4) is 0 Å². The van der Waals surface area contributed by atoms with Crippen molar-refractivity contribution in [1.29, 1.82) is 0 Å². The van der Waals surface area contributed by atoms with Gasteiger partial charge in [-0.3, -0.25) is 9.69 Å². The van der Waals surface area contributed by atoms with Gasteiger partial charge in [-0.25, -0.2) is 4.79 Å². The molecule has 0 radical (unpaired) electrons. The third-order valence-electron chi connectivity index (χ3n) is 6.02. The van der Waals surface area contributed by atoms with Crippen LogP contribution in [0.5, 0.6) is 0 Å². The number of hydrogen-bond donors (Lipinski definition) is 0. The second-order valence-corrected chi connectivity index (χ2v) is 8.97. The average Bonchev–Trinajstić information content (AvgIpc) is 2.94. The number of carbonyl (C=O) groups is 2. The summed E-state index contributed by atoms with van der Waals surface area (Å²) in [5.74, 6) is -23.9. The van der Waals surface area contributed by atoms with Crippen LogP contribution in [0.25, 0.3) is 0 Å². The van der Waals surface area contributed by atoms with Gasteiger partial charge in [0.1, 0.15) is 6.61 Å². The van der Waals surface area contributed by atoms with Gasteiger partial charge in [-0.15, -0.1) is 0 Å². The van der Waals surface area contributed by atoms with Crippen molar-refractivity contribution in [3.63, 3.8) is 0 Å². The topological polar surface area (TPSA) is 46.6 Å². The number of para-hydroxylation sites is 1. The van der Waals surface area contributed by atoms with E-state index < -0.39 is 54.8 Å². The van der Waals surface area contributed by atoms with Crippen LogP contribution in [0.2, 0.25) is 0 Å². The number of hydrogen-bond acceptors (Lipinski definition) is 3. The molecule has 1 amide bonds. The van der Waals surface area contributed by atoms with E-state index in [1.807, 2.05) is 0 Å². The van der Waals surface area contributed by atoms with Crippen molar-refractivity contribution < 1.29 is 53.8 Å². The number of ketones is 1. The maximum absolute atomic E-state index is 14.6. The molecule has 13 heteroatoms. The summed E-state index contributed by atoms with van der Waals surface area (Å²) in [6, 6.07) is 22.2. The molecule has 0 fully saturated rings. The van der Waals surface area contributed by atoms with Crippen LogP contribution in [0.4, 0.5) is 50.0 Å². The van der Waals surface area contributed by atoms with Gasteiger partial charge < -0.3 is 4.74 Å². The summed E-state index contributed by atoms with van der Waals surface area (Å²) in [6.45, 7) is -1.44. The van der Waals surface area contributed by atoms with Crippen LogP contribution in [-0.2, 0) is 11.3 Å². The molecule has 0 aliphatic carbocycles. The molecule has 0 N–H and O–H groups in total. The van der Waals surface area contributed by atoms with Gasteiger partial charge in [0.2, 0.25) is 0 Å². The number of alkyl halides is 9. The number of anilines is 1. The van der Waals surface area contributed by atoms with E-state index in [-0.39, 0.29) is 17.8 Å². The van der Waals surface area contributed by atoms with E-state index in [0.29, 0.717) is 5.56 Å². The lowest BCUT2D eigenvalue weighted by Crippen LogP contribution is -2.61. The first kappa shape index (κ1) is 31.5. The number of amides is 1. The second kappa shape index (κ2) is 12.2. The minimum absolute atomic E-state index is 0.118. The fourth-order valence-electron chi connectivity index (χ4n) is 3.80. The highest BCUT2D eigenvalue weighted by atomic mass is 19.4. The zero-order valence-corrected chi connectivity index (χ0v) is 20.9.